The molecule has 9 aromatic rings. The van der Waals surface area contributed by atoms with E-state index >= 15 is 0 Å². The quantitative estimate of drug-likeness (QED) is 0.168. The van der Waals surface area contributed by atoms with Crippen LogP contribution in [0.2, 0.25) is 0 Å². The van der Waals surface area contributed by atoms with Crippen LogP contribution in [0.15, 0.2) is 114 Å². The third-order valence-electron chi connectivity index (χ3n) is 13.6. The number of nitrogens with zero attached hydrogens (tertiary/aromatic N) is 4. The molecule has 2 saturated carbocycles. The minimum absolute atomic E-state index is 0.122. The Hall–Kier alpha value is -6.50. The zero-order valence-corrected chi connectivity index (χ0v) is 34.8. The molecule has 2 aliphatic heterocycles. The lowest BCUT2D eigenvalue weighted by Crippen LogP contribution is -2.39. The summed E-state index contributed by atoms with van der Waals surface area (Å²) in [5.74, 6) is 1.37. The normalized spacial score (nSPS) is 17.2. The standard InChI is InChI=1S/C50H34N4O6S2/c55-39-29-19-25-11-3-4-12-26(25)20-30(29)40(56)37(39)51-47-53-45-43(61-47)33-24-36-34(23-35(33)59-49(45)15-7-1-8-16-49)44-46(50(60-36)17-9-2-10-18-50)54-48(62-44)52-38-41(57)31-21-27-13-5-6-14-28(27)22-32(31)42(38)58/h3-6,11-14,19-24H,1-2,7-10,15-18H2. The number of ether oxygens (including phenoxy) is 2. The van der Waals surface area contributed by atoms with Crippen LogP contribution in [0.1, 0.15) is 75.6 Å². The molecule has 2 fully saturated rings. The van der Waals surface area contributed by atoms with E-state index in [1.165, 1.54) is 22.7 Å². The summed E-state index contributed by atoms with van der Waals surface area (Å²) in [6.07, 6.45) is 9.09. The summed E-state index contributed by atoms with van der Waals surface area (Å²) in [4.78, 5) is 76.5. The van der Waals surface area contributed by atoms with E-state index in [2.05, 4.69) is 0 Å². The van der Waals surface area contributed by atoms with Gasteiger partial charge in [-0.25, -0.2) is 20.0 Å². The Balaban J connectivity index is 0.976. The fourth-order valence-electron chi connectivity index (χ4n) is 10.6. The van der Waals surface area contributed by atoms with Crippen LogP contribution in [-0.2, 0) is 11.2 Å². The molecular weight excluding hydrogens is 817 g/mol. The van der Waals surface area contributed by atoms with Crippen molar-refractivity contribution in [2.45, 2.75) is 75.4 Å². The van der Waals surface area contributed by atoms with Gasteiger partial charge in [0.25, 0.3) is 0 Å². The molecular formula is C50H34N4O6S2. The second kappa shape index (κ2) is 13.0. The van der Waals surface area contributed by atoms with Crippen LogP contribution in [0.4, 0.5) is 10.3 Å². The number of hydrogen-bond donors (Lipinski definition) is 0. The van der Waals surface area contributed by atoms with Crippen molar-refractivity contribution in [3.63, 3.8) is 0 Å². The molecule has 2 aromatic heterocycles. The molecule has 302 valence electrons. The zero-order chi connectivity index (χ0) is 41.5. The van der Waals surface area contributed by atoms with E-state index in [1.807, 2.05) is 60.7 Å². The lowest BCUT2D eigenvalue weighted by atomic mass is 9.78. The van der Waals surface area contributed by atoms with Gasteiger partial charge >= 0.3 is 0 Å². The fourth-order valence-corrected chi connectivity index (χ4v) is 12.7. The SMILES string of the molecule is O=c1c(=Nc2nc3c(s2)-c2cc4c(cc2OC32CCCCC2)-c2sc(N=c3c(=O)c5cc6ccccc6cc5c3=O)nc2C2(CCCCC2)O4)c(=O)c2cc3ccccc3cc12. The Labute approximate surface area is 359 Å². The average Bonchev–Trinajstić information content (AvgIpc) is 4.04. The number of hydrogen-bond acceptors (Lipinski definition) is 12. The first-order valence-corrected chi connectivity index (χ1v) is 22.9. The van der Waals surface area contributed by atoms with Crippen molar-refractivity contribution in [3.8, 4) is 32.4 Å². The Morgan fingerprint density at radius 2 is 0.806 bits per heavy atom. The molecule has 62 heavy (non-hydrogen) atoms. The van der Waals surface area contributed by atoms with E-state index < -0.39 is 32.9 Å². The summed E-state index contributed by atoms with van der Waals surface area (Å²) in [6.45, 7) is 0. The second-order valence-electron chi connectivity index (χ2n) is 17.2. The van der Waals surface area contributed by atoms with Crippen LogP contribution in [0.25, 0.3) is 64.0 Å². The summed E-state index contributed by atoms with van der Waals surface area (Å²) in [5.41, 5.74) is 0.250. The number of fused-ring (bicyclic) bond motifs is 12. The highest BCUT2D eigenvalue weighted by Crippen LogP contribution is 2.60. The molecule has 2 aliphatic carbocycles. The smallest absolute Gasteiger partial charge is 0.216 e. The molecule has 2 spiro atoms. The van der Waals surface area contributed by atoms with Gasteiger partial charge in [0.2, 0.25) is 32.0 Å². The molecule has 7 aromatic carbocycles. The molecule has 4 heterocycles. The van der Waals surface area contributed by atoms with Gasteiger partial charge in [0.05, 0.1) is 9.75 Å². The second-order valence-corrected chi connectivity index (χ2v) is 19.2. The van der Waals surface area contributed by atoms with Crippen LogP contribution in [0.5, 0.6) is 11.5 Å². The maximum absolute atomic E-state index is 13.8. The summed E-state index contributed by atoms with van der Waals surface area (Å²) in [7, 11) is 0. The van der Waals surface area contributed by atoms with Gasteiger partial charge in [-0.05, 0) is 109 Å². The number of aromatic nitrogens is 2. The molecule has 0 saturated heterocycles. The monoisotopic (exact) mass is 850 g/mol. The Morgan fingerprint density at radius 3 is 1.15 bits per heavy atom. The molecule has 0 unspecified atom stereocenters. The largest absolute Gasteiger partial charge is 0.480 e. The molecule has 10 nitrogen and oxygen atoms in total. The Morgan fingerprint density at radius 1 is 0.468 bits per heavy atom. The zero-order valence-electron chi connectivity index (χ0n) is 33.2. The predicted octanol–water partition coefficient (Wildman–Crippen LogP) is 9.31. The van der Waals surface area contributed by atoms with Crippen molar-refractivity contribution in [1.29, 1.82) is 0 Å². The lowest BCUT2D eigenvalue weighted by molar-refractivity contribution is 0.0164. The van der Waals surface area contributed by atoms with Crippen molar-refractivity contribution in [2.24, 2.45) is 9.98 Å². The maximum atomic E-state index is 13.8. The molecule has 4 aliphatic rings. The highest BCUT2D eigenvalue weighted by molar-refractivity contribution is 7.19. The summed E-state index contributed by atoms with van der Waals surface area (Å²) in [6, 6.07) is 26.6. The topological polar surface area (TPSA) is 137 Å². The predicted molar refractivity (Wildman–Crippen MR) is 243 cm³/mol. The van der Waals surface area contributed by atoms with E-state index in [0.717, 1.165) is 118 Å². The maximum Gasteiger partial charge on any atom is 0.216 e. The molecule has 0 atom stereocenters. The number of rotatable bonds is 2. The van der Waals surface area contributed by atoms with Gasteiger partial charge in [-0.15, -0.1) is 0 Å². The van der Waals surface area contributed by atoms with Gasteiger partial charge in [0, 0.05) is 32.7 Å². The molecule has 0 bridgehead atoms. The summed E-state index contributed by atoms with van der Waals surface area (Å²) < 4.78 is 14.2. The summed E-state index contributed by atoms with van der Waals surface area (Å²) in [5, 5.41) is 5.45. The molecule has 0 radical (unpaired) electrons. The highest BCUT2D eigenvalue weighted by Gasteiger charge is 2.48. The number of thiazole rings is 2. The molecule has 12 heteroatoms. The van der Waals surface area contributed by atoms with Crippen LogP contribution in [0.3, 0.4) is 0 Å². The van der Waals surface area contributed by atoms with Crippen LogP contribution in [-0.4, -0.2) is 9.97 Å². The van der Waals surface area contributed by atoms with E-state index in [9.17, 15) is 19.2 Å². The Bertz CT molecular complexity index is 3390. The van der Waals surface area contributed by atoms with Crippen LogP contribution in [0, 0.1) is 0 Å². The van der Waals surface area contributed by atoms with Gasteiger partial charge in [-0.2, -0.15) is 0 Å². The first-order valence-electron chi connectivity index (χ1n) is 21.3. The number of benzene rings is 5. The Kier molecular flexibility index (Phi) is 7.59. The fraction of sp³-hybridized carbons (Fsp3) is 0.240. The average molecular weight is 851 g/mol. The van der Waals surface area contributed by atoms with Crippen LogP contribution >= 0.6 is 22.7 Å². The third kappa shape index (κ3) is 5.13. The van der Waals surface area contributed by atoms with Crippen molar-refractivity contribution >= 4 is 76.0 Å². The van der Waals surface area contributed by atoms with Gasteiger partial charge < -0.3 is 9.47 Å². The molecule has 0 amide bonds. The van der Waals surface area contributed by atoms with Crippen molar-refractivity contribution in [3.05, 3.63) is 148 Å². The van der Waals surface area contributed by atoms with E-state index in [1.54, 1.807) is 24.3 Å². The van der Waals surface area contributed by atoms with E-state index in [-0.39, 0.29) is 10.7 Å². The summed E-state index contributed by atoms with van der Waals surface area (Å²) >= 11 is 2.74. The van der Waals surface area contributed by atoms with Gasteiger partial charge in [-0.1, -0.05) is 84.0 Å². The highest BCUT2D eigenvalue weighted by atomic mass is 32.1. The third-order valence-corrected chi connectivity index (χ3v) is 15.6. The van der Waals surface area contributed by atoms with Crippen molar-refractivity contribution < 1.29 is 9.47 Å². The first-order chi connectivity index (χ1) is 30.3. The van der Waals surface area contributed by atoms with Crippen LogP contribution < -0.4 is 41.9 Å². The molecule has 13 rings (SSSR count). The van der Waals surface area contributed by atoms with Crippen molar-refractivity contribution in [1.82, 2.24) is 9.97 Å². The van der Waals surface area contributed by atoms with Crippen molar-refractivity contribution in [2.75, 3.05) is 0 Å². The minimum Gasteiger partial charge on any atom is -0.480 e. The van der Waals surface area contributed by atoms with Gasteiger partial charge in [-0.3, -0.25) is 19.2 Å². The molecule has 0 N–H and O–H groups in total. The van der Waals surface area contributed by atoms with Gasteiger partial charge in [0.15, 0.2) is 21.9 Å². The lowest BCUT2D eigenvalue weighted by Gasteiger charge is -2.42. The van der Waals surface area contributed by atoms with E-state index in [0.29, 0.717) is 43.3 Å². The van der Waals surface area contributed by atoms with E-state index in [4.69, 9.17) is 29.4 Å². The van der Waals surface area contributed by atoms with Gasteiger partial charge in [0.1, 0.15) is 22.9 Å². The first kappa shape index (κ1) is 36.2. The minimum atomic E-state index is -0.703.